The van der Waals surface area contributed by atoms with Gasteiger partial charge in [-0.2, -0.15) is 0 Å². The average Bonchev–Trinajstić information content (AvgIpc) is 3.22. The van der Waals surface area contributed by atoms with Gasteiger partial charge >= 0.3 is 6.09 Å². The van der Waals surface area contributed by atoms with Crippen LogP contribution in [0.5, 0.6) is 5.75 Å². The summed E-state index contributed by atoms with van der Waals surface area (Å²) in [4.78, 5) is 27.8. The number of benzene rings is 2. The van der Waals surface area contributed by atoms with E-state index in [1.54, 1.807) is 57.2 Å². The number of carbonyl (C=O) groups excluding carboxylic acids is 2. The maximum absolute atomic E-state index is 12.8. The number of carbonyl (C=O) groups is 2. The van der Waals surface area contributed by atoms with Gasteiger partial charge < -0.3 is 19.2 Å². The molecule has 0 spiro atoms. The number of rotatable bonds is 3. The van der Waals surface area contributed by atoms with Gasteiger partial charge in [0.25, 0.3) is 0 Å². The van der Waals surface area contributed by atoms with Gasteiger partial charge in [0, 0.05) is 22.0 Å². The van der Waals surface area contributed by atoms with Gasteiger partial charge in [-0.25, -0.2) is 4.79 Å². The fourth-order valence-corrected chi connectivity index (χ4v) is 3.03. The molecule has 7 nitrogen and oxygen atoms in total. The smallest absolute Gasteiger partial charge is 0.412 e. The number of nitrogens with one attached hydrogen (secondary N) is 2. The Balaban J connectivity index is 1.59. The van der Waals surface area contributed by atoms with E-state index in [-0.39, 0.29) is 17.3 Å². The van der Waals surface area contributed by atoms with E-state index in [9.17, 15) is 14.7 Å². The summed E-state index contributed by atoms with van der Waals surface area (Å²) in [6.45, 7) is 5.37. The SMILES string of the molecule is CC(C)(C)OC(=O)Nc1ccc2[nH]c(C(=O)c3cc4cc(O)ccc4o3)cc2c1. The van der Waals surface area contributed by atoms with Crippen molar-refractivity contribution in [3.05, 3.63) is 60.0 Å². The lowest BCUT2D eigenvalue weighted by Crippen LogP contribution is -2.27. The molecule has 0 aliphatic rings. The van der Waals surface area contributed by atoms with E-state index in [0.29, 0.717) is 22.4 Å². The monoisotopic (exact) mass is 392 g/mol. The Kier molecular flexibility index (Phi) is 4.30. The first kappa shape index (κ1) is 18.6. The van der Waals surface area contributed by atoms with Gasteiger partial charge in [0.05, 0.1) is 5.69 Å². The van der Waals surface area contributed by atoms with E-state index >= 15 is 0 Å². The van der Waals surface area contributed by atoms with Gasteiger partial charge in [0.1, 0.15) is 16.9 Å². The fourth-order valence-electron chi connectivity index (χ4n) is 3.03. The van der Waals surface area contributed by atoms with E-state index in [0.717, 1.165) is 10.9 Å². The molecule has 0 aliphatic carbocycles. The standard InChI is InChI=1S/C22H20N2O5/c1-22(2,3)29-21(27)23-14-4-6-16-12(8-14)10-17(24-16)20(26)19-11-13-9-15(25)5-7-18(13)28-19/h4-11,24-25H,1-3H3,(H,23,27). The van der Waals surface area contributed by atoms with Crippen LogP contribution in [0, 0.1) is 0 Å². The largest absolute Gasteiger partial charge is 0.508 e. The number of H-pyrrole nitrogens is 1. The molecule has 0 atom stereocenters. The highest BCUT2D eigenvalue weighted by Crippen LogP contribution is 2.27. The van der Waals surface area contributed by atoms with Crippen molar-refractivity contribution in [3.8, 4) is 5.75 Å². The first-order valence-electron chi connectivity index (χ1n) is 9.08. The molecule has 2 heterocycles. The van der Waals surface area contributed by atoms with Crippen LogP contribution in [0.1, 0.15) is 37.0 Å². The summed E-state index contributed by atoms with van der Waals surface area (Å²) in [6, 6.07) is 13.2. The van der Waals surface area contributed by atoms with Crippen LogP contribution in [-0.4, -0.2) is 27.6 Å². The quantitative estimate of drug-likeness (QED) is 0.416. The Morgan fingerprint density at radius 1 is 1.03 bits per heavy atom. The predicted molar refractivity (Wildman–Crippen MR) is 109 cm³/mol. The molecule has 0 saturated carbocycles. The Morgan fingerprint density at radius 2 is 1.83 bits per heavy atom. The summed E-state index contributed by atoms with van der Waals surface area (Å²) in [5.41, 5.74) is 1.59. The van der Waals surface area contributed by atoms with Crippen LogP contribution in [0.4, 0.5) is 10.5 Å². The molecule has 2 aromatic carbocycles. The normalized spacial score (nSPS) is 11.7. The van der Waals surface area contributed by atoms with Gasteiger partial charge in [-0.3, -0.25) is 10.1 Å². The zero-order valence-corrected chi connectivity index (χ0v) is 16.2. The summed E-state index contributed by atoms with van der Waals surface area (Å²) in [5.74, 6) is -0.0317. The van der Waals surface area contributed by atoms with Crippen LogP contribution >= 0.6 is 0 Å². The number of anilines is 1. The van der Waals surface area contributed by atoms with Crippen molar-refractivity contribution in [3.63, 3.8) is 0 Å². The molecule has 3 N–H and O–H groups in total. The van der Waals surface area contributed by atoms with Crippen LogP contribution in [0.3, 0.4) is 0 Å². The second-order valence-corrected chi connectivity index (χ2v) is 7.77. The van der Waals surface area contributed by atoms with Crippen molar-refractivity contribution < 1.29 is 23.8 Å². The highest BCUT2D eigenvalue weighted by molar-refractivity contribution is 6.10. The second kappa shape index (κ2) is 6.70. The molecular weight excluding hydrogens is 372 g/mol. The summed E-state index contributed by atoms with van der Waals surface area (Å²) < 4.78 is 10.9. The first-order chi connectivity index (χ1) is 13.7. The minimum Gasteiger partial charge on any atom is -0.508 e. The number of amides is 1. The van der Waals surface area contributed by atoms with Crippen molar-refractivity contribution >= 4 is 39.4 Å². The predicted octanol–water partition coefficient (Wildman–Crippen LogP) is 5.20. The Labute approximate surface area is 166 Å². The lowest BCUT2D eigenvalue weighted by Gasteiger charge is -2.19. The fraction of sp³-hybridized carbons (Fsp3) is 0.182. The maximum Gasteiger partial charge on any atom is 0.412 e. The number of aromatic nitrogens is 1. The molecule has 0 fully saturated rings. The van der Waals surface area contributed by atoms with Crippen LogP contribution in [0.15, 0.2) is 52.9 Å². The third-order valence-electron chi connectivity index (χ3n) is 4.23. The number of ether oxygens (including phenoxy) is 1. The summed E-state index contributed by atoms with van der Waals surface area (Å²) in [6.07, 6.45) is -0.547. The zero-order chi connectivity index (χ0) is 20.8. The zero-order valence-electron chi connectivity index (χ0n) is 16.2. The van der Waals surface area contributed by atoms with Crippen molar-refractivity contribution in [2.75, 3.05) is 5.32 Å². The summed E-state index contributed by atoms with van der Waals surface area (Å²) in [5, 5.41) is 13.7. The molecule has 0 radical (unpaired) electrons. The highest BCUT2D eigenvalue weighted by atomic mass is 16.6. The van der Waals surface area contributed by atoms with Gasteiger partial charge in [0.15, 0.2) is 5.76 Å². The minimum absolute atomic E-state index is 0.105. The molecule has 29 heavy (non-hydrogen) atoms. The molecule has 1 amide bonds. The van der Waals surface area contributed by atoms with Crippen molar-refractivity contribution in [2.24, 2.45) is 0 Å². The Hall–Kier alpha value is -3.74. The number of furan rings is 1. The molecule has 7 heteroatoms. The average molecular weight is 392 g/mol. The van der Waals surface area contributed by atoms with Crippen molar-refractivity contribution in [1.82, 2.24) is 4.98 Å². The molecule has 0 aliphatic heterocycles. The van der Waals surface area contributed by atoms with E-state index in [1.165, 1.54) is 12.1 Å². The van der Waals surface area contributed by atoms with Gasteiger partial charge in [-0.15, -0.1) is 0 Å². The van der Waals surface area contributed by atoms with Gasteiger partial charge in [-0.05, 0) is 69.3 Å². The number of hydrogen-bond donors (Lipinski definition) is 3. The number of hydrogen-bond acceptors (Lipinski definition) is 5. The second-order valence-electron chi connectivity index (χ2n) is 7.77. The van der Waals surface area contributed by atoms with Crippen LogP contribution in [0.25, 0.3) is 21.9 Å². The third-order valence-corrected chi connectivity index (χ3v) is 4.23. The summed E-state index contributed by atoms with van der Waals surface area (Å²) >= 11 is 0. The van der Waals surface area contributed by atoms with E-state index in [2.05, 4.69) is 10.3 Å². The minimum atomic E-state index is -0.592. The third kappa shape index (κ3) is 3.94. The van der Waals surface area contributed by atoms with E-state index in [1.807, 2.05) is 0 Å². The maximum atomic E-state index is 12.8. The molecular formula is C22H20N2O5. The number of phenolic OH excluding ortho intramolecular Hbond substituents is 1. The van der Waals surface area contributed by atoms with Gasteiger partial charge in [0.2, 0.25) is 5.78 Å². The van der Waals surface area contributed by atoms with Crippen molar-refractivity contribution in [2.45, 2.75) is 26.4 Å². The molecule has 0 unspecified atom stereocenters. The van der Waals surface area contributed by atoms with Crippen LogP contribution in [0.2, 0.25) is 0 Å². The van der Waals surface area contributed by atoms with Crippen LogP contribution in [-0.2, 0) is 4.74 Å². The molecule has 0 saturated heterocycles. The first-order valence-corrected chi connectivity index (χ1v) is 9.08. The highest BCUT2D eigenvalue weighted by Gasteiger charge is 2.19. The number of ketones is 1. The number of aromatic hydroxyl groups is 1. The van der Waals surface area contributed by atoms with Gasteiger partial charge in [-0.1, -0.05) is 0 Å². The molecule has 148 valence electrons. The van der Waals surface area contributed by atoms with E-state index in [4.69, 9.17) is 9.15 Å². The number of fused-ring (bicyclic) bond motifs is 2. The molecule has 4 aromatic rings. The van der Waals surface area contributed by atoms with E-state index < -0.39 is 11.7 Å². The Morgan fingerprint density at radius 3 is 2.59 bits per heavy atom. The topological polar surface area (TPSA) is 105 Å². The number of phenols is 1. The molecule has 2 aromatic heterocycles. The Bertz CT molecular complexity index is 1240. The molecule has 0 bridgehead atoms. The number of aromatic amines is 1. The lowest BCUT2D eigenvalue weighted by molar-refractivity contribution is 0.0635. The molecule has 4 rings (SSSR count). The van der Waals surface area contributed by atoms with Crippen LogP contribution < -0.4 is 5.32 Å². The van der Waals surface area contributed by atoms with Crippen molar-refractivity contribution in [1.29, 1.82) is 0 Å². The summed E-state index contributed by atoms with van der Waals surface area (Å²) in [7, 11) is 0. The lowest BCUT2D eigenvalue weighted by atomic mass is 10.2.